The van der Waals surface area contributed by atoms with Crippen LogP contribution in [0.5, 0.6) is 0 Å². The van der Waals surface area contributed by atoms with Gasteiger partial charge >= 0.3 is 0 Å². The lowest BCUT2D eigenvalue weighted by Gasteiger charge is -2.21. The van der Waals surface area contributed by atoms with Crippen molar-refractivity contribution in [1.29, 1.82) is 0 Å². The molecule has 0 amide bonds. The molecule has 1 aliphatic rings. The van der Waals surface area contributed by atoms with Crippen LogP contribution in [0.15, 0.2) is 6.20 Å². The second-order valence-corrected chi connectivity index (χ2v) is 4.06. The number of carbonyl (C=O) groups excluding carboxylic acids is 1. The van der Waals surface area contributed by atoms with E-state index in [1.54, 1.807) is 0 Å². The molecule has 0 radical (unpaired) electrons. The Hall–Kier alpha value is -1.12. The van der Waals surface area contributed by atoms with Gasteiger partial charge in [0.15, 0.2) is 6.29 Å². The van der Waals surface area contributed by atoms with Crippen molar-refractivity contribution in [2.24, 2.45) is 0 Å². The van der Waals surface area contributed by atoms with Gasteiger partial charge in [-0.15, -0.1) is 0 Å². The minimum Gasteiger partial charge on any atom is -0.298 e. The van der Waals surface area contributed by atoms with Crippen LogP contribution >= 0.6 is 0 Å². The Labute approximate surface area is 84.1 Å². The van der Waals surface area contributed by atoms with E-state index in [2.05, 4.69) is 5.10 Å². The Kier molecular flexibility index (Phi) is 2.66. The summed E-state index contributed by atoms with van der Waals surface area (Å²) in [4.78, 5) is 10.7. The zero-order valence-electron chi connectivity index (χ0n) is 8.57. The summed E-state index contributed by atoms with van der Waals surface area (Å²) in [6.45, 7) is 1.89. The highest BCUT2D eigenvalue weighted by atomic mass is 16.1. The lowest BCUT2D eigenvalue weighted by Crippen LogP contribution is -2.13. The fourth-order valence-corrected chi connectivity index (χ4v) is 2.14. The van der Waals surface area contributed by atoms with Gasteiger partial charge in [0.1, 0.15) is 0 Å². The third-order valence-corrected chi connectivity index (χ3v) is 3.03. The molecule has 0 N–H and O–H groups in total. The van der Waals surface area contributed by atoms with Crippen molar-refractivity contribution in [3.8, 4) is 0 Å². The molecule has 0 bridgehead atoms. The lowest BCUT2D eigenvalue weighted by molar-refractivity contribution is 0.112. The highest BCUT2D eigenvalue weighted by Crippen LogP contribution is 2.27. The number of hydrogen-bond donors (Lipinski definition) is 0. The van der Waals surface area contributed by atoms with Crippen LogP contribution in [0.25, 0.3) is 0 Å². The predicted octanol–water partition coefficient (Wildman–Crippen LogP) is 2.51. The van der Waals surface area contributed by atoms with Crippen LogP contribution in [0.2, 0.25) is 0 Å². The first-order chi connectivity index (χ1) is 6.81. The highest BCUT2D eigenvalue weighted by molar-refractivity contribution is 5.75. The normalized spacial score (nSPS) is 18.4. The van der Waals surface area contributed by atoms with Gasteiger partial charge in [-0.2, -0.15) is 5.10 Å². The number of carbonyl (C=O) groups is 1. The van der Waals surface area contributed by atoms with Gasteiger partial charge in [0.05, 0.1) is 17.3 Å². The molecular weight excluding hydrogens is 176 g/mol. The second-order valence-electron chi connectivity index (χ2n) is 4.06. The van der Waals surface area contributed by atoms with Crippen molar-refractivity contribution in [3.05, 3.63) is 17.5 Å². The molecule has 1 heterocycles. The molecule has 1 saturated carbocycles. The summed E-state index contributed by atoms with van der Waals surface area (Å²) in [5.41, 5.74) is 1.58. The van der Waals surface area contributed by atoms with Crippen molar-refractivity contribution in [2.75, 3.05) is 0 Å². The van der Waals surface area contributed by atoms with Crippen LogP contribution in [0.1, 0.15) is 54.2 Å². The molecule has 0 atom stereocenters. The van der Waals surface area contributed by atoms with Gasteiger partial charge in [-0.05, 0) is 19.8 Å². The molecule has 14 heavy (non-hydrogen) atoms. The molecule has 0 spiro atoms. The van der Waals surface area contributed by atoms with Crippen LogP contribution in [0, 0.1) is 6.92 Å². The summed E-state index contributed by atoms with van der Waals surface area (Å²) in [6.07, 6.45) is 9.12. The number of aryl methyl sites for hydroxylation is 1. The summed E-state index contributed by atoms with van der Waals surface area (Å²) < 4.78 is 1.98. The maximum absolute atomic E-state index is 10.7. The van der Waals surface area contributed by atoms with Crippen LogP contribution in [-0.4, -0.2) is 16.1 Å². The first-order valence-corrected chi connectivity index (χ1v) is 5.32. The molecule has 0 aromatic carbocycles. The van der Waals surface area contributed by atoms with E-state index >= 15 is 0 Å². The minimum atomic E-state index is 0.524. The van der Waals surface area contributed by atoms with Crippen molar-refractivity contribution < 1.29 is 4.79 Å². The maximum Gasteiger partial charge on any atom is 0.153 e. The summed E-state index contributed by atoms with van der Waals surface area (Å²) in [6, 6.07) is 0.524. The maximum atomic E-state index is 10.7. The largest absolute Gasteiger partial charge is 0.298 e. The van der Waals surface area contributed by atoms with Gasteiger partial charge in [0.25, 0.3) is 0 Å². The quantitative estimate of drug-likeness (QED) is 0.675. The predicted molar refractivity (Wildman–Crippen MR) is 54.5 cm³/mol. The molecule has 1 fully saturated rings. The van der Waals surface area contributed by atoms with Gasteiger partial charge in [-0.25, -0.2) is 0 Å². The van der Waals surface area contributed by atoms with E-state index < -0.39 is 0 Å². The molecule has 2 rings (SSSR count). The molecular formula is C11H16N2O. The zero-order valence-corrected chi connectivity index (χ0v) is 8.57. The third kappa shape index (κ3) is 1.72. The third-order valence-electron chi connectivity index (χ3n) is 3.03. The van der Waals surface area contributed by atoms with Crippen LogP contribution in [0.3, 0.4) is 0 Å². The van der Waals surface area contributed by atoms with E-state index in [1.165, 1.54) is 32.1 Å². The average molecular weight is 192 g/mol. The lowest BCUT2D eigenvalue weighted by atomic mass is 9.96. The monoisotopic (exact) mass is 192 g/mol. The Morgan fingerprint density at radius 2 is 2.14 bits per heavy atom. The van der Waals surface area contributed by atoms with Crippen molar-refractivity contribution in [2.45, 2.75) is 45.1 Å². The number of aldehydes is 1. The van der Waals surface area contributed by atoms with Crippen molar-refractivity contribution >= 4 is 6.29 Å². The van der Waals surface area contributed by atoms with Crippen LogP contribution < -0.4 is 0 Å². The Morgan fingerprint density at radius 3 is 2.71 bits per heavy atom. The Bertz CT molecular complexity index is 324. The van der Waals surface area contributed by atoms with Gasteiger partial charge in [0.2, 0.25) is 0 Å². The summed E-state index contributed by atoms with van der Waals surface area (Å²) in [5, 5.41) is 4.39. The van der Waals surface area contributed by atoms with Gasteiger partial charge in [-0.1, -0.05) is 19.3 Å². The van der Waals surface area contributed by atoms with E-state index in [0.717, 1.165) is 17.5 Å². The average Bonchev–Trinajstić information content (AvgIpc) is 2.61. The smallest absolute Gasteiger partial charge is 0.153 e. The van der Waals surface area contributed by atoms with Crippen LogP contribution in [0.4, 0.5) is 0 Å². The molecule has 0 unspecified atom stereocenters. The minimum absolute atomic E-state index is 0.524. The topological polar surface area (TPSA) is 34.9 Å². The first kappa shape index (κ1) is 9.44. The summed E-state index contributed by atoms with van der Waals surface area (Å²) >= 11 is 0. The SMILES string of the molecule is Cc1nn(C2CCCCC2)cc1C=O. The number of rotatable bonds is 2. The van der Waals surface area contributed by atoms with E-state index in [0.29, 0.717) is 6.04 Å². The summed E-state index contributed by atoms with van der Waals surface area (Å²) in [5.74, 6) is 0. The summed E-state index contributed by atoms with van der Waals surface area (Å²) in [7, 11) is 0. The molecule has 0 aliphatic heterocycles. The fourth-order valence-electron chi connectivity index (χ4n) is 2.14. The molecule has 0 saturated heterocycles. The second kappa shape index (κ2) is 3.95. The Morgan fingerprint density at radius 1 is 1.43 bits per heavy atom. The highest BCUT2D eigenvalue weighted by Gasteiger charge is 2.16. The van der Waals surface area contributed by atoms with Crippen LogP contribution in [-0.2, 0) is 0 Å². The van der Waals surface area contributed by atoms with Crippen molar-refractivity contribution in [3.63, 3.8) is 0 Å². The zero-order chi connectivity index (χ0) is 9.97. The van der Waals surface area contributed by atoms with E-state index in [-0.39, 0.29) is 0 Å². The molecule has 1 aromatic heterocycles. The molecule has 3 nitrogen and oxygen atoms in total. The van der Waals surface area contributed by atoms with E-state index in [4.69, 9.17) is 0 Å². The van der Waals surface area contributed by atoms with Gasteiger partial charge in [-0.3, -0.25) is 9.48 Å². The van der Waals surface area contributed by atoms with Crippen molar-refractivity contribution in [1.82, 2.24) is 9.78 Å². The van der Waals surface area contributed by atoms with E-state index in [9.17, 15) is 4.79 Å². The number of aromatic nitrogens is 2. The first-order valence-electron chi connectivity index (χ1n) is 5.32. The molecule has 76 valence electrons. The van der Waals surface area contributed by atoms with E-state index in [1.807, 2.05) is 17.8 Å². The molecule has 1 aliphatic carbocycles. The number of hydrogen-bond acceptors (Lipinski definition) is 2. The Balaban J connectivity index is 2.18. The molecule has 1 aromatic rings. The van der Waals surface area contributed by atoms with Gasteiger partial charge < -0.3 is 0 Å². The number of nitrogens with zero attached hydrogens (tertiary/aromatic N) is 2. The van der Waals surface area contributed by atoms with Gasteiger partial charge in [0, 0.05) is 6.20 Å². The fraction of sp³-hybridized carbons (Fsp3) is 0.636. The standard InChI is InChI=1S/C11H16N2O/c1-9-10(8-14)7-13(12-9)11-5-3-2-4-6-11/h7-8,11H,2-6H2,1H3. The molecule has 3 heteroatoms.